The van der Waals surface area contributed by atoms with E-state index < -0.39 is 0 Å². The van der Waals surface area contributed by atoms with E-state index in [9.17, 15) is 14.0 Å². The molecule has 2 aliphatic rings. The van der Waals surface area contributed by atoms with Crippen LogP contribution >= 0.6 is 0 Å². The molecule has 0 spiro atoms. The number of benzene rings is 1. The lowest BCUT2D eigenvalue weighted by atomic mass is 10.1. The first kappa shape index (κ1) is 18.4. The Labute approximate surface area is 162 Å². The van der Waals surface area contributed by atoms with Crippen LogP contribution in [0.4, 0.5) is 14.9 Å². The number of nitrogens with zero attached hydrogens (tertiary/aromatic N) is 2. The van der Waals surface area contributed by atoms with E-state index in [4.69, 9.17) is 4.74 Å². The Morgan fingerprint density at radius 2 is 1.96 bits per heavy atom. The van der Waals surface area contributed by atoms with E-state index in [1.54, 1.807) is 4.90 Å². The van der Waals surface area contributed by atoms with Gasteiger partial charge in [0.2, 0.25) is 0 Å². The number of aromatic nitrogens is 1. The van der Waals surface area contributed by atoms with Crippen molar-refractivity contribution in [1.82, 2.24) is 10.3 Å². The quantitative estimate of drug-likeness (QED) is 0.873. The van der Waals surface area contributed by atoms with Gasteiger partial charge in [0.05, 0.1) is 23.1 Å². The molecule has 2 aromatic rings. The van der Waals surface area contributed by atoms with Gasteiger partial charge in [-0.1, -0.05) is 0 Å². The molecule has 0 bridgehead atoms. The third-order valence-corrected chi connectivity index (χ3v) is 4.97. The van der Waals surface area contributed by atoms with Crippen LogP contribution in [0.2, 0.25) is 0 Å². The van der Waals surface area contributed by atoms with Crippen molar-refractivity contribution in [2.75, 3.05) is 11.4 Å². The highest BCUT2D eigenvalue weighted by Gasteiger charge is 2.31. The summed E-state index contributed by atoms with van der Waals surface area (Å²) in [6.07, 6.45) is 3.22. The first-order valence-electron chi connectivity index (χ1n) is 9.55. The van der Waals surface area contributed by atoms with Gasteiger partial charge in [-0.2, -0.15) is 0 Å². The molecule has 1 aromatic carbocycles. The monoisotopic (exact) mass is 383 g/mol. The van der Waals surface area contributed by atoms with E-state index in [1.807, 2.05) is 19.1 Å². The third kappa shape index (κ3) is 3.98. The summed E-state index contributed by atoms with van der Waals surface area (Å²) in [5.41, 5.74) is 2.71. The van der Waals surface area contributed by atoms with Gasteiger partial charge in [0.1, 0.15) is 11.9 Å². The van der Waals surface area contributed by atoms with Crippen LogP contribution in [0, 0.1) is 5.82 Å². The number of aryl methyl sites for hydroxylation is 1. The van der Waals surface area contributed by atoms with Crippen molar-refractivity contribution < 1.29 is 18.7 Å². The Kier molecular flexibility index (Phi) is 4.98. The van der Waals surface area contributed by atoms with Crippen LogP contribution in [0.15, 0.2) is 36.4 Å². The summed E-state index contributed by atoms with van der Waals surface area (Å²) in [4.78, 5) is 31.0. The fraction of sp³-hybridized carbons (Fsp3) is 0.381. The zero-order chi connectivity index (χ0) is 19.7. The number of hydrogen-bond donors (Lipinski definition) is 1. The minimum Gasteiger partial charge on any atom is -0.446 e. The summed E-state index contributed by atoms with van der Waals surface area (Å²) in [5.74, 6) is -0.674. The molecule has 2 amide bonds. The van der Waals surface area contributed by atoms with Crippen molar-refractivity contribution in [1.29, 1.82) is 0 Å². The molecule has 0 radical (unpaired) electrons. The molecule has 1 N–H and O–H groups in total. The summed E-state index contributed by atoms with van der Waals surface area (Å²) in [6.45, 7) is 2.47. The van der Waals surface area contributed by atoms with Gasteiger partial charge in [-0.05, 0) is 69.0 Å². The number of ether oxygens (including phenoxy) is 1. The highest BCUT2D eigenvalue weighted by Crippen LogP contribution is 2.30. The van der Waals surface area contributed by atoms with E-state index in [1.165, 1.54) is 24.3 Å². The average Bonchev–Trinajstić information content (AvgIpc) is 3.51. The summed E-state index contributed by atoms with van der Waals surface area (Å²) < 4.78 is 18.4. The van der Waals surface area contributed by atoms with Crippen LogP contribution < -0.4 is 10.2 Å². The van der Waals surface area contributed by atoms with Crippen molar-refractivity contribution in [2.45, 2.75) is 44.8 Å². The van der Waals surface area contributed by atoms with Gasteiger partial charge in [0.15, 0.2) is 0 Å². The Balaban J connectivity index is 1.47. The van der Waals surface area contributed by atoms with Crippen LogP contribution in [0.25, 0.3) is 0 Å². The van der Waals surface area contributed by atoms with Gasteiger partial charge < -0.3 is 10.1 Å². The number of fused-ring (bicyclic) bond motifs is 1. The fourth-order valence-corrected chi connectivity index (χ4v) is 3.24. The van der Waals surface area contributed by atoms with Crippen molar-refractivity contribution in [3.63, 3.8) is 0 Å². The normalized spacial score (nSPS) is 16.9. The second kappa shape index (κ2) is 7.58. The molecule has 1 aliphatic carbocycles. The standard InChI is InChI=1S/C21H22FN3O3/c1-13(23-20(26)14-4-6-15(22)7-5-14)17-10-11-19-18(24-17)3-2-12-25(19)21(27)28-16-8-9-16/h4-7,10-11,13,16H,2-3,8-9,12H2,1H3,(H,23,26)/t13-/m1/s1. The first-order chi connectivity index (χ1) is 13.5. The number of hydrogen-bond acceptors (Lipinski definition) is 4. The summed E-state index contributed by atoms with van der Waals surface area (Å²) in [7, 11) is 0. The van der Waals surface area contributed by atoms with Gasteiger partial charge in [-0.15, -0.1) is 0 Å². The van der Waals surface area contributed by atoms with Crippen molar-refractivity contribution >= 4 is 17.7 Å². The summed E-state index contributed by atoms with van der Waals surface area (Å²) >= 11 is 0. The number of carbonyl (C=O) groups is 2. The smallest absolute Gasteiger partial charge is 0.414 e. The fourth-order valence-electron chi connectivity index (χ4n) is 3.24. The number of rotatable bonds is 4. The first-order valence-corrected chi connectivity index (χ1v) is 9.55. The maximum atomic E-state index is 13.0. The van der Waals surface area contributed by atoms with Gasteiger partial charge in [0, 0.05) is 12.1 Å². The lowest BCUT2D eigenvalue weighted by Crippen LogP contribution is -2.37. The van der Waals surface area contributed by atoms with Crippen molar-refractivity contribution in [3.8, 4) is 0 Å². The van der Waals surface area contributed by atoms with E-state index in [0.717, 1.165) is 37.1 Å². The number of amides is 2. The second-order valence-electron chi connectivity index (χ2n) is 7.24. The largest absolute Gasteiger partial charge is 0.446 e. The lowest BCUT2D eigenvalue weighted by molar-refractivity contribution is 0.0939. The molecule has 146 valence electrons. The molecule has 2 heterocycles. The molecular formula is C21H22FN3O3. The number of anilines is 1. The Hall–Kier alpha value is -2.96. The second-order valence-corrected chi connectivity index (χ2v) is 7.24. The number of carbonyl (C=O) groups excluding carboxylic acids is 2. The minimum atomic E-state index is -0.384. The van der Waals surface area contributed by atoms with Crippen LogP contribution in [0.3, 0.4) is 0 Å². The van der Waals surface area contributed by atoms with Crippen LogP contribution in [-0.2, 0) is 11.2 Å². The zero-order valence-electron chi connectivity index (χ0n) is 15.7. The Morgan fingerprint density at radius 3 is 2.68 bits per heavy atom. The van der Waals surface area contributed by atoms with Gasteiger partial charge in [-0.3, -0.25) is 14.7 Å². The molecular weight excluding hydrogens is 361 g/mol. The topological polar surface area (TPSA) is 71.5 Å². The van der Waals surface area contributed by atoms with Crippen LogP contribution in [-0.4, -0.2) is 29.6 Å². The average molecular weight is 383 g/mol. The lowest BCUT2D eigenvalue weighted by Gasteiger charge is -2.29. The molecule has 1 aliphatic heterocycles. The van der Waals surface area contributed by atoms with Crippen LogP contribution in [0.1, 0.15) is 54.0 Å². The molecule has 1 aromatic heterocycles. The van der Waals surface area contributed by atoms with E-state index in [0.29, 0.717) is 17.8 Å². The molecule has 6 nitrogen and oxygen atoms in total. The van der Waals surface area contributed by atoms with Crippen molar-refractivity contribution in [2.24, 2.45) is 0 Å². The predicted molar refractivity (Wildman–Crippen MR) is 102 cm³/mol. The van der Waals surface area contributed by atoms with Gasteiger partial charge in [0.25, 0.3) is 5.91 Å². The Morgan fingerprint density at radius 1 is 1.21 bits per heavy atom. The zero-order valence-corrected chi connectivity index (χ0v) is 15.7. The van der Waals surface area contributed by atoms with Gasteiger partial charge >= 0.3 is 6.09 Å². The maximum absolute atomic E-state index is 13.0. The van der Waals surface area contributed by atoms with Crippen molar-refractivity contribution in [3.05, 3.63) is 59.2 Å². The van der Waals surface area contributed by atoms with Gasteiger partial charge in [-0.25, -0.2) is 9.18 Å². The van der Waals surface area contributed by atoms with Crippen LogP contribution in [0.5, 0.6) is 0 Å². The molecule has 0 saturated heterocycles. The number of nitrogens with one attached hydrogen (secondary N) is 1. The SMILES string of the molecule is C[C@@H](NC(=O)c1ccc(F)cc1)c1ccc2c(n1)CCCN2C(=O)OC1CC1. The molecule has 0 unspecified atom stereocenters. The molecule has 28 heavy (non-hydrogen) atoms. The molecule has 1 saturated carbocycles. The summed E-state index contributed by atoms with van der Waals surface area (Å²) in [6, 6.07) is 8.76. The number of halogens is 1. The highest BCUT2D eigenvalue weighted by atomic mass is 19.1. The summed E-state index contributed by atoms with van der Waals surface area (Å²) in [5, 5.41) is 2.88. The van der Waals surface area contributed by atoms with E-state index in [-0.39, 0.29) is 30.0 Å². The minimum absolute atomic E-state index is 0.0619. The maximum Gasteiger partial charge on any atom is 0.414 e. The predicted octanol–water partition coefficient (Wildman–Crippen LogP) is 3.76. The van der Waals surface area contributed by atoms with E-state index >= 15 is 0 Å². The third-order valence-electron chi connectivity index (χ3n) is 4.97. The number of pyridine rings is 1. The molecule has 4 rings (SSSR count). The van der Waals surface area contributed by atoms with E-state index in [2.05, 4.69) is 10.3 Å². The molecule has 1 fully saturated rings. The highest BCUT2D eigenvalue weighted by molar-refractivity contribution is 5.94. The molecule has 7 heteroatoms. The Bertz CT molecular complexity index is 896. The molecule has 1 atom stereocenters.